The lowest BCUT2D eigenvalue weighted by Gasteiger charge is -2.34. The van der Waals surface area contributed by atoms with Crippen molar-refractivity contribution in [1.29, 1.82) is 0 Å². The Morgan fingerprint density at radius 1 is 0.696 bits per heavy atom. The van der Waals surface area contributed by atoms with Crippen LogP contribution in [0.4, 0.5) is 0 Å². The second-order valence-electron chi connectivity index (χ2n) is 6.05. The van der Waals surface area contributed by atoms with Crippen LogP contribution < -0.4 is 0 Å². The molecule has 0 aliphatic carbocycles. The zero-order valence-electron chi connectivity index (χ0n) is 15.9. The molecule has 0 aromatic heterocycles. The number of aliphatic hydroxyl groups excluding tert-OH is 1. The molecule has 0 amide bonds. The molecule has 0 aliphatic heterocycles. The van der Waals surface area contributed by atoms with Gasteiger partial charge >= 0.3 is 8.80 Å². The van der Waals surface area contributed by atoms with Crippen LogP contribution in [-0.4, -0.2) is 40.3 Å². The molecule has 0 saturated heterocycles. The minimum Gasteiger partial charge on any atom is -0.396 e. The van der Waals surface area contributed by atoms with Crippen LogP contribution in [0.3, 0.4) is 0 Å². The lowest BCUT2D eigenvalue weighted by Crippen LogP contribution is -2.51. The third-order valence-electron chi connectivity index (χ3n) is 4.16. The molecule has 1 atom stereocenters. The van der Waals surface area contributed by atoms with Gasteiger partial charge in [0.2, 0.25) is 0 Å². The molecule has 0 aromatic rings. The van der Waals surface area contributed by atoms with Crippen LogP contribution in [0.25, 0.3) is 0 Å². The molecule has 0 rings (SSSR count). The van der Waals surface area contributed by atoms with Crippen LogP contribution in [-0.2, 0) is 13.3 Å². The van der Waals surface area contributed by atoms with Gasteiger partial charge in [0.15, 0.2) is 0 Å². The van der Waals surface area contributed by atoms with Gasteiger partial charge in [-0.05, 0) is 27.2 Å². The van der Waals surface area contributed by atoms with E-state index in [9.17, 15) is 5.11 Å². The Balaban J connectivity index is 4.24. The zero-order chi connectivity index (χ0) is 17.4. The Labute approximate surface area is 145 Å². The molecule has 0 spiro atoms. The van der Waals surface area contributed by atoms with Crippen LogP contribution in [0.5, 0.6) is 0 Å². The fraction of sp³-hybridized carbons (Fsp3) is 1.00. The van der Waals surface area contributed by atoms with Crippen LogP contribution in [0.1, 0.15) is 85.5 Å². The van der Waals surface area contributed by atoms with Gasteiger partial charge in [0.05, 0.1) is 12.1 Å². The summed E-state index contributed by atoms with van der Waals surface area (Å²) in [4.78, 5) is 0. The van der Waals surface area contributed by atoms with Crippen LogP contribution >= 0.6 is 0 Å². The van der Waals surface area contributed by atoms with Gasteiger partial charge in [-0.2, -0.15) is 0 Å². The molecule has 0 fully saturated rings. The molecular formula is C18H40O4Si. The lowest BCUT2D eigenvalue weighted by atomic mass is 10.1. The largest absolute Gasteiger partial charge is 0.506 e. The molecule has 0 radical (unpaired) electrons. The van der Waals surface area contributed by atoms with Crippen molar-refractivity contribution in [2.75, 3.05) is 26.4 Å². The summed E-state index contributed by atoms with van der Waals surface area (Å²) in [5.41, 5.74) is 0.00226. The van der Waals surface area contributed by atoms with Crippen LogP contribution in [0, 0.1) is 0 Å². The molecule has 5 heteroatoms. The first kappa shape index (κ1) is 23.1. The van der Waals surface area contributed by atoms with Gasteiger partial charge in [-0.1, -0.05) is 58.3 Å². The van der Waals surface area contributed by atoms with E-state index in [0.717, 1.165) is 12.8 Å². The van der Waals surface area contributed by atoms with E-state index < -0.39 is 8.80 Å². The van der Waals surface area contributed by atoms with Crippen LogP contribution in [0.2, 0.25) is 5.54 Å². The van der Waals surface area contributed by atoms with Crippen molar-refractivity contribution in [1.82, 2.24) is 0 Å². The number of hydrogen-bond donors (Lipinski definition) is 1. The molecule has 1 N–H and O–H groups in total. The highest BCUT2D eigenvalue weighted by Crippen LogP contribution is 2.31. The Kier molecular flexibility index (Phi) is 15.6. The molecule has 0 bridgehead atoms. The Morgan fingerprint density at radius 3 is 1.52 bits per heavy atom. The highest BCUT2D eigenvalue weighted by atomic mass is 28.4. The molecular weight excluding hydrogens is 308 g/mol. The third kappa shape index (κ3) is 9.82. The highest BCUT2D eigenvalue weighted by Gasteiger charge is 2.48. The third-order valence-corrected chi connectivity index (χ3v) is 7.71. The molecule has 4 nitrogen and oxygen atoms in total. The van der Waals surface area contributed by atoms with Crippen molar-refractivity contribution in [3.8, 4) is 0 Å². The summed E-state index contributed by atoms with van der Waals surface area (Å²) in [6.45, 7) is 9.93. The van der Waals surface area contributed by atoms with E-state index in [-0.39, 0.29) is 12.1 Å². The summed E-state index contributed by atoms with van der Waals surface area (Å²) in [5, 5.41) is 9.84. The summed E-state index contributed by atoms with van der Waals surface area (Å²) >= 11 is 0. The molecule has 1 unspecified atom stereocenters. The van der Waals surface area contributed by atoms with E-state index in [2.05, 4.69) is 6.92 Å². The average Bonchev–Trinajstić information content (AvgIpc) is 2.54. The fourth-order valence-electron chi connectivity index (χ4n) is 2.99. The SMILES string of the molecule is CCCCCCCCCCC(CO)[Si](OCC)(OCC)OCC. The molecule has 0 aliphatic rings. The van der Waals surface area contributed by atoms with Crippen molar-refractivity contribution in [2.24, 2.45) is 0 Å². The van der Waals surface area contributed by atoms with Gasteiger partial charge in [0.1, 0.15) is 0 Å². The maximum atomic E-state index is 9.84. The van der Waals surface area contributed by atoms with E-state index in [0.29, 0.717) is 19.8 Å². The highest BCUT2D eigenvalue weighted by molar-refractivity contribution is 6.62. The second kappa shape index (κ2) is 15.6. The number of unbranched alkanes of at least 4 members (excludes halogenated alkanes) is 7. The summed E-state index contributed by atoms with van der Waals surface area (Å²) in [6, 6.07) is 0. The molecule has 23 heavy (non-hydrogen) atoms. The van der Waals surface area contributed by atoms with Gasteiger partial charge in [-0.15, -0.1) is 0 Å². The van der Waals surface area contributed by atoms with E-state index >= 15 is 0 Å². The smallest absolute Gasteiger partial charge is 0.396 e. The van der Waals surface area contributed by atoms with E-state index in [4.69, 9.17) is 13.3 Å². The van der Waals surface area contributed by atoms with Crippen molar-refractivity contribution in [2.45, 2.75) is 91.0 Å². The number of hydrogen-bond acceptors (Lipinski definition) is 4. The predicted octanol–water partition coefficient (Wildman–Crippen LogP) is 4.93. The van der Waals surface area contributed by atoms with Gasteiger partial charge < -0.3 is 18.4 Å². The first-order chi connectivity index (χ1) is 11.2. The Bertz CT molecular complexity index is 234. The van der Waals surface area contributed by atoms with Crippen molar-refractivity contribution in [3.05, 3.63) is 0 Å². The summed E-state index contributed by atoms with van der Waals surface area (Å²) in [5.74, 6) is 0. The van der Waals surface area contributed by atoms with Gasteiger partial charge in [0.25, 0.3) is 0 Å². The molecule has 0 heterocycles. The summed E-state index contributed by atoms with van der Waals surface area (Å²) in [6.07, 6.45) is 11.3. The topological polar surface area (TPSA) is 47.9 Å². The van der Waals surface area contributed by atoms with E-state index in [1.54, 1.807) is 0 Å². The number of rotatable bonds is 17. The van der Waals surface area contributed by atoms with E-state index in [1.807, 2.05) is 20.8 Å². The minimum absolute atomic E-state index is 0.00226. The van der Waals surface area contributed by atoms with Gasteiger partial charge in [-0.3, -0.25) is 0 Å². The standard InChI is InChI=1S/C18H40O4Si/c1-5-9-10-11-12-13-14-15-16-18(17-19)23(20-6-2,21-7-3)22-8-4/h18-19H,5-17H2,1-4H3. The van der Waals surface area contributed by atoms with E-state index in [1.165, 1.54) is 44.9 Å². The number of aliphatic hydroxyl groups is 1. The Hall–Kier alpha value is 0.0569. The lowest BCUT2D eigenvalue weighted by molar-refractivity contribution is 0.0511. The zero-order valence-corrected chi connectivity index (χ0v) is 16.9. The maximum absolute atomic E-state index is 9.84. The van der Waals surface area contributed by atoms with Crippen LogP contribution in [0.15, 0.2) is 0 Å². The fourth-order valence-corrected chi connectivity index (χ4v) is 5.93. The molecule has 0 aromatic carbocycles. The van der Waals surface area contributed by atoms with Crippen molar-refractivity contribution < 1.29 is 18.4 Å². The van der Waals surface area contributed by atoms with Crippen molar-refractivity contribution in [3.63, 3.8) is 0 Å². The second-order valence-corrected chi connectivity index (χ2v) is 8.94. The summed E-state index contributed by atoms with van der Waals surface area (Å²) in [7, 11) is -2.76. The molecule has 0 saturated carbocycles. The predicted molar refractivity (Wildman–Crippen MR) is 98.7 cm³/mol. The Morgan fingerprint density at radius 2 is 1.13 bits per heavy atom. The van der Waals surface area contributed by atoms with Gasteiger partial charge in [0, 0.05) is 19.8 Å². The first-order valence-corrected chi connectivity index (χ1v) is 11.5. The maximum Gasteiger partial charge on any atom is 0.506 e. The van der Waals surface area contributed by atoms with Crippen molar-refractivity contribution >= 4 is 8.80 Å². The monoisotopic (exact) mass is 348 g/mol. The van der Waals surface area contributed by atoms with Gasteiger partial charge in [-0.25, -0.2) is 0 Å². The normalized spacial score (nSPS) is 13.4. The molecule has 140 valence electrons. The minimum atomic E-state index is -2.76. The average molecular weight is 349 g/mol. The first-order valence-electron chi connectivity index (χ1n) is 9.73. The quantitative estimate of drug-likeness (QED) is 0.299. The summed E-state index contributed by atoms with van der Waals surface area (Å²) < 4.78 is 17.8.